The summed E-state index contributed by atoms with van der Waals surface area (Å²) in [5, 5.41) is 3.51. The molecule has 0 radical (unpaired) electrons. The van der Waals surface area contributed by atoms with Gasteiger partial charge in [-0.05, 0) is 32.0 Å². The van der Waals surface area contributed by atoms with E-state index in [1.165, 1.54) is 0 Å². The molecule has 2 aliphatic rings. The minimum absolute atomic E-state index is 0.0197. The molecule has 2 fully saturated rings. The molecule has 5 heteroatoms. The minimum Gasteiger partial charge on any atom is -0.316 e. The summed E-state index contributed by atoms with van der Waals surface area (Å²) >= 11 is 6.08. The summed E-state index contributed by atoms with van der Waals surface area (Å²) in [5.74, 6) is 0. The largest absolute Gasteiger partial charge is 0.322 e. The Balaban J connectivity index is 1.73. The number of hydrogen-bond donors (Lipinski definition) is 1. The quantitative estimate of drug-likeness (QED) is 0.858. The third kappa shape index (κ3) is 2.42. The highest BCUT2D eigenvalue weighted by molar-refractivity contribution is 6.33. The molecular formula is C14H18ClN3O. The van der Waals surface area contributed by atoms with Gasteiger partial charge in [0.1, 0.15) is 0 Å². The molecule has 2 atom stereocenters. The van der Waals surface area contributed by atoms with Gasteiger partial charge >= 0.3 is 6.03 Å². The number of para-hydroxylation sites is 1. The van der Waals surface area contributed by atoms with Crippen molar-refractivity contribution in [3.8, 4) is 0 Å². The van der Waals surface area contributed by atoms with Crippen LogP contribution in [0.5, 0.6) is 0 Å². The van der Waals surface area contributed by atoms with E-state index in [9.17, 15) is 4.79 Å². The van der Waals surface area contributed by atoms with Gasteiger partial charge in [-0.15, -0.1) is 0 Å². The highest BCUT2D eigenvalue weighted by Crippen LogP contribution is 2.30. The van der Waals surface area contributed by atoms with Crippen LogP contribution in [0.3, 0.4) is 0 Å². The normalized spacial score (nSPS) is 26.5. The molecule has 2 aliphatic heterocycles. The highest BCUT2D eigenvalue weighted by atomic mass is 35.5. The number of fused-ring (bicyclic) bond motifs is 2. The Hall–Kier alpha value is -1.26. The van der Waals surface area contributed by atoms with Gasteiger partial charge in [-0.25, -0.2) is 4.79 Å². The number of benzene rings is 1. The lowest BCUT2D eigenvalue weighted by Crippen LogP contribution is -2.55. The zero-order valence-corrected chi connectivity index (χ0v) is 11.7. The molecule has 2 bridgehead atoms. The number of carbonyl (C=O) groups is 1. The number of piperazine rings is 1. The van der Waals surface area contributed by atoms with Crippen molar-refractivity contribution in [2.75, 3.05) is 25.5 Å². The van der Waals surface area contributed by atoms with Crippen molar-refractivity contribution in [1.29, 1.82) is 0 Å². The molecule has 2 saturated heterocycles. The maximum atomic E-state index is 12.4. The number of carbonyl (C=O) groups excluding carboxylic acids is 1. The van der Waals surface area contributed by atoms with Crippen LogP contribution >= 0.6 is 11.6 Å². The average molecular weight is 280 g/mol. The van der Waals surface area contributed by atoms with E-state index in [1.807, 2.05) is 23.1 Å². The van der Waals surface area contributed by atoms with E-state index >= 15 is 0 Å². The van der Waals surface area contributed by atoms with Crippen molar-refractivity contribution in [1.82, 2.24) is 9.80 Å². The fraction of sp³-hybridized carbons (Fsp3) is 0.500. The van der Waals surface area contributed by atoms with Gasteiger partial charge in [-0.3, -0.25) is 0 Å². The predicted octanol–water partition coefficient (Wildman–Crippen LogP) is 2.65. The van der Waals surface area contributed by atoms with Crippen molar-refractivity contribution < 1.29 is 4.79 Å². The molecule has 0 aromatic heterocycles. The van der Waals surface area contributed by atoms with Gasteiger partial charge in [-0.2, -0.15) is 0 Å². The summed E-state index contributed by atoms with van der Waals surface area (Å²) in [6.45, 7) is 1.93. The Morgan fingerprint density at radius 2 is 1.89 bits per heavy atom. The average Bonchev–Trinajstić information content (AvgIpc) is 2.65. The van der Waals surface area contributed by atoms with Crippen molar-refractivity contribution in [2.24, 2.45) is 0 Å². The van der Waals surface area contributed by atoms with E-state index in [-0.39, 0.29) is 6.03 Å². The van der Waals surface area contributed by atoms with E-state index in [0.717, 1.165) is 25.9 Å². The molecule has 1 N–H and O–H groups in total. The molecule has 0 spiro atoms. The molecule has 2 unspecified atom stereocenters. The summed E-state index contributed by atoms with van der Waals surface area (Å²) in [4.78, 5) is 16.7. The highest BCUT2D eigenvalue weighted by Gasteiger charge is 2.41. The molecule has 2 heterocycles. The number of nitrogens with one attached hydrogen (secondary N) is 1. The van der Waals surface area contributed by atoms with Crippen molar-refractivity contribution in [2.45, 2.75) is 24.9 Å². The second kappa shape index (κ2) is 5.02. The monoisotopic (exact) mass is 279 g/mol. The predicted molar refractivity (Wildman–Crippen MR) is 76.6 cm³/mol. The van der Waals surface area contributed by atoms with Crippen molar-refractivity contribution in [3.63, 3.8) is 0 Å². The van der Waals surface area contributed by atoms with Gasteiger partial charge in [0.05, 0.1) is 10.7 Å². The van der Waals surface area contributed by atoms with E-state index in [1.54, 1.807) is 6.07 Å². The van der Waals surface area contributed by atoms with Crippen LogP contribution < -0.4 is 5.32 Å². The first-order valence-electron chi connectivity index (χ1n) is 6.67. The van der Waals surface area contributed by atoms with Gasteiger partial charge in [0.15, 0.2) is 0 Å². The molecule has 1 aromatic rings. The molecule has 1 aromatic carbocycles. The van der Waals surface area contributed by atoms with Crippen LogP contribution in [0.2, 0.25) is 5.02 Å². The number of anilines is 1. The number of hydrogen-bond acceptors (Lipinski definition) is 2. The molecule has 0 aliphatic carbocycles. The van der Waals surface area contributed by atoms with Crippen LogP contribution in [0.15, 0.2) is 24.3 Å². The Morgan fingerprint density at radius 1 is 1.26 bits per heavy atom. The van der Waals surface area contributed by atoms with Crippen LogP contribution in [-0.2, 0) is 0 Å². The number of nitrogens with zero attached hydrogens (tertiary/aromatic N) is 2. The molecule has 102 valence electrons. The Kier molecular flexibility index (Phi) is 3.37. The van der Waals surface area contributed by atoms with Crippen molar-refractivity contribution in [3.05, 3.63) is 29.3 Å². The summed E-state index contributed by atoms with van der Waals surface area (Å²) in [7, 11) is 2.12. The van der Waals surface area contributed by atoms with Gasteiger partial charge < -0.3 is 15.1 Å². The first kappa shape index (κ1) is 12.8. The van der Waals surface area contributed by atoms with Gasteiger partial charge in [0.2, 0.25) is 0 Å². The summed E-state index contributed by atoms with van der Waals surface area (Å²) in [6, 6.07) is 8.01. The lowest BCUT2D eigenvalue weighted by Gasteiger charge is -2.39. The molecular weight excluding hydrogens is 262 g/mol. The lowest BCUT2D eigenvalue weighted by molar-refractivity contribution is 0.111. The topological polar surface area (TPSA) is 35.6 Å². The number of likely N-dealkylation sites (N-methyl/N-ethyl adjacent to an activating group) is 1. The van der Waals surface area contributed by atoms with Gasteiger partial charge in [0, 0.05) is 25.2 Å². The van der Waals surface area contributed by atoms with Crippen LogP contribution in [0.4, 0.5) is 10.5 Å². The number of rotatable bonds is 1. The number of likely N-dealkylation sites (tertiary alicyclic amines) is 1. The summed E-state index contributed by atoms with van der Waals surface area (Å²) in [5.41, 5.74) is 0.687. The Bertz CT molecular complexity index is 479. The van der Waals surface area contributed by atoms with E-state index in [2.05, 4.69) is 17.3 Å². The fourth-order valence-electron chi connectivity index (χ4n) is 3.19. The number of halogens is 1. The molecule has 0 saturated carbocycles. The Morgan fingerprint density at radius 3 is 2.53 bits per heavy atom. The molecule has 19 heavy (non-hydrogen) atoms. The fourth-order valence-corrected chi connectivity index (χ4v) is 3.37. The second-order valence-electron chi connectivity index (χ2n) is 5.42. The first-order valence-corrected chi connectivity index (χ1v) is 7.05. The van der Waals surface area contributed by atoms with Crippen LogP contribution in [0, 0.1) is 0 Å². The standard InChI is InChI=1S/C14H18ClN3O/c1-17-8-10-6-7-11(9-17)18(10)14(19)16-13-5-3-2-4-12(13)15/h2-5,10-11H,6-9H2,1H3,(H,16,19). The molecule has 2 amide bonds. The zero-order chi connectivity index (χ0) is 13.4. The van der Waals surface area contributed by atoms with E-state index in [4.69, 9.17) is 11.6 Å². The van der Waals surface area contributed by atoms with Crippen LogP contribution in [0.25, 0.3) is 0 Å². The van der Waals surface area contributed by atoms with Gasteiger partial charge in [-0.1, -0.05) is 23.7 Å². The van der Waals surface area contributed by atoms with Gasteiger partial charge in [0.25, 0.3) is 0 Å². The molecule has 4 nitrogen and oxygen atoms in total. The SMILES string of the molecule is CN1CC2CCC(C1)N2C(=O)Nc1ccccc1Cl. The van der Waals surface area contributed by atoms with Crippen molar-refractivity contribution >= 4 is 23.3 Å². The maximum absolute atomic E-state index is 12.4. The maximum Gasteiger partial charge on any atom is 0.322 e. The summed E-state index contributed by atoms with van der Waals surface area (Å²) < 4.78 is 0. The van der Waals surface area contributed by atoms with Crippen LogP contribution in [0.1, 0.15) is 12.8 Å². The second-order valence-corrected chi connectivity index (χ2v) is 5.83. The molecule has 3 rings (SSSR count). The lowest BCUT2D eigenvalue weighted by atomic mass is 10.2. The smallest absolute Gasteiger partial charge is 0.316 e. The third-order valence-electron chi connectivity index (χ3n) is 4.01. The third-order valence-corrected chi connectivity index (χ3v) is 4.34. The number of amides is 2. The zero-order valence-electron chi connectivity index (χ0n) is 11.0. The van der Waals surface area contributed by atoms with E-state index < -0.39 is 0 Å². The summed E-state index contributed by atoms with van der Waals surface area (Å²) in [6.07, 6.45) is 2.20. The Labute approximate surface area is 118 Å². The van der Waals surface area contributed by atoms with Crippen LogP contribution in [-0.4, -0.2) is 48.1 Å². The number of urea groups is 1. The minimum atomic E-state index is -0.0197. The van der Waals surface area contributed by atoms with E-state index in [0.29, 0.717) is 22.8 Å². The first-order chi connectivity index (χ1) is 9.15.